The fourth-order valence-corrected chi connectivity index (χ4v) is 2.72. The summed E-state index contributed by atoms with van der Waals surface area (Å²) in [6.45, 7) is 2.17. The average molecular weight is 309 g/mol. The molecule has 0 aliphatic rings. The zero-order valence-corrected chi connectivity index (χ0v) is 12.8. The molecule has 0 aliphatic carbocycles. The molecular formula is C18H22F3N. The van der Waals surface area contributed by atoms with Crippen LogP contribution in [0, 0.1) is 0 Å². The average Bonchev–Trinajstić information content (AvgIpc) is 2.49. The van der Waals surface area contributed by atoms with Gasteiger partial charge in [-0.05, 0) is 34.7 Å². The Labute approximate surface area is 129 Å². The van der Waals surface area contributed by atoms with E-state index in [0.29, 0.717) is 5.39 Å². The molecule has 0 unspecified atom stereocenters. The molecule has 0 fully saturated rings. The Morgan fingerprint density at radius 1 is 1.05 bits per heavy atom. The molecule has 2 aromatic carbocycles. The van der Waals surface area contributed by atoms with Gasteiger partial charge in [-0.25, -0.2) is 0 Å². The van der Waals surface area contributed by atoms with Crippen LogP contribution in [0.5, 0.6) is 0 Å². The third-order valence-electron chi connectivity index (χ3n) is 3.99. The molecule has 0 spiro atoms. The second-order valence-electron chi connectivity index (χ2n) is 5.73. The van der Waals surface area contributed by atoms with Gasteiger partial charge in [0.25, 0.3) is 0 Å². The van der Waals surface area contributed by atoms with Crippen LogP contribution < -0.4 is 5.73 Å². The van der Waals surface area contributed by atoms with Crippen LogP contribution in [-0.2, 0) is 6.42 Å². The van der Waals surface area contributed by atoms with Crippen LogP contribution >= 0.6 is 0 Å². The molecule has 2 aromatic rings. The first kappa shape index (κ1) is 16.8. The molecule has 0 bridgehead atoms. The van der Waals surface area contributed by atoms with E-state index < -0.39 is 12.2 Å². The Bertz CT molecular complexity index is 619. The normalized spacial score (nSPS) is 13.5. The van der Waals surface area contributed by atoms with E-state index >= 15 is 0 Å². The number of alkyl halides is 3. The van der Waals surface area contributed by atoms with E-state index in [1.165, 1.54) is 30.9 Å². The first-order valence-corrected chi connectivity index (χ1v) is 7.77. The third-order valence-corrected chi connectivity index (χ3v) is 3.99. The van der Waals surface area contributed by atoms with Crippen molar-refractivity contribution in [3.8, 4) is 0 Å². The number of benzene rings is 2. The lowest BCUT2D eigenvalue weighted by molar-refractivity contribution is -0.148. The van der Waals surface area contributed by atoms with Crippen LogP contribution in [0.4, 0.5) is 13.2 Å². The van der Waals surface area contributed by atoms with Crippen LogP contribution in [0.3, 0.4) is 0 Å². The van der Waals surface area contributed by atoms with E-state index in [9.17, 15) is 13.2 Å². The molecule has 0 radical (unpaired) electrons. The monoisotopic (exact) mass is 309 g/mol. The number of nitrogens with two attached hydrogens (primary N) is 1. The van der Waals surface area contributed by atoms with Crippen molar-refractivity contribution in [3.63, 3.8) is 0 Å². The van der Waals surface area contributed by atoms with Crippen LogP contribution in [-0.4, -0.2) is 6.18 Å². The third kappa shape index (κ3) is 4.01. The Hall–Kier alpha value is -1.55. The summed E-state index contributed by atoms with van der Waals surface area (Å²) < 4.78 is 38.6. The number of unbranched alkanes of at least 4 members (excludes halogenated alkanes) is 3. The lowest BCUT2D eigenvalue weighted by atomic mass is 9.96. The van der Waals surface area contributed by atoms with Gasteiger partial charge in [0, 0.05) is 0 Å². The number of halogens is 3. The molecule has 0 aromatic heterocycles. The van der Waals surface area contributed by atoms with Gasteiger partial charge in [-0.2, -0.15) is 13.2 Å². The highest BCUT2D eigenvalue weighted by atomic mass is 19.4. The fraction of sp³-hybridized carbons (Fsp3) is 0.444. The topological polar surface area (TPSA) is 26.0 Å². The van der Waals surface area contributed by atoms with Gasteiger partial charge < -0.3 is 5.73 Å². The maximum atomic E-state index is 12.9. The molecular weight excluding hydrogens is 287 g/mol. The van der Waals surface area contributed by atoms with E-state index in [-0.39, 0.29) is 5.56 Å². The first-order valence-electron chi connectivity index (χ1n) is 7.77. The SMILES string of the molecule is CCCCCCc1ccc2c([C@H](N)C(F)(F)F)cccc2c1. The van der Waals surface area contributed by atoms with Gasteiger partial charge in [0.05, 0.1) is 0 Å². The highest BCUT2D eigenvalue weighted by Gasteiger charge is 2.38. The standard InChI is InChI=1S/C18H22F3N/c1-2-3-4-5-7-13-10-11-15-14(12-13)8-6-9-16(15)17(22)18(19,20)21/h6,8-12,17H,2-5,7,22H2,1H3/t17-/m0/s1. The summed E-state index contributed by atoms with van der Waals surface area (Å²) in [5, 5.41) is 1.41. The number of fused-ring (bicyclic) bond motifs is 1. The summed E-state index contributed by atoms with van der Waals surface area (Å²) >= 11 is 0. The Morgan fingerprint density at radius 3 is 2.50 bits per heavy atom. The van der Waals surface area contributed by atoms with E-state index in [4.69, 9.17) is 5.73 Å². The zero-order chi connectivity index (χ0) is 16.2. The molecule has 22 heavy (non-hydrogen) atoms. The number of rotatable bonds is 6. The van der Waals surface area contributed by atoms with Crippen molar-refractivity contribution in [3.05, 3.63) is 47.5 Å². The van der Waals surface area contributed by atoms with Crippen LogP contribution in [0.25, 0.3) is 10.8 Å². The lowest BCUT2D eigenvalue weighted by Gasteiger charge is -2.18. The van der Waals surface area contributed by atoms with Crippen molar-refractivity contribution in [2.75, 3.05) is 0 Å². The van der Waals surface area contributed by atoms with Crippen molar-refractivity contribution in [2.45, 2.75) is 51.2 Å². The molecule has 0 saturated carbocycles. The molecule has 0 amide bonds. The predicted molar refractivity (Wildman–Crippen MR) is 84.8 cm³/mol. The molecule has 120 valence electrons. The van der Waals surface area contributed by atoms with Crippen molar-refractivity contribution in [2.24, 2.45) is 5.73 Å². The summed E-state index contributed by atoms with van der Waals surface area (Å²) in [6, 6.07) is 8.68. The number of hydrogen-bond donors (Lipinski definition) is 1. The van der Waals surface area contributed by atoms with Gasteiger partial charge in [-0.1, -0.05) is 62.6 Å². The van der Waals surface area contributed by atoms with Crippen molar-refractivity contribution in [1.82, 2.24) is 0 Å². The van der Waals surface area contributed by atoms with Crippen molar-refractivity contribution < 1.29 is 13.2 Å². The Balaban J connectivity index is 2.24. The maximum Gasteiger partial charge on any atom is 0.407 e. The van der Waals surface area contributed by atoms with E-state index in [0.717, 1.165) is 18.2 Å². The second kappa shape index (κ2) is 7.14. The number of hydrogen-bond acceptors (Lipinski definition) is 1. The molecule has 2 N–H and O–H groups in total. The van der Waals surface area contributed by atoms with Crippen LogP contribution in [0.15, 0.2) is 36.4 Å². The van der Waals surface area contributed by atoms with Gasteiger partial charge >= 0.3 is 6.18 Å². The molecule has 0 aliphatic heterocycles. The van der Waals surface area contributed by atoms with Gasteiger partial charge in [-0.15, -0.1) is 0 Å². The number of aryl methyl sites for hydroxylation is 1. The Kier molecular flexibility index (Phi) is 5.46. The minimum Gasteiger partial charge on any atom is -0.316 e. The minimum atomic E-state index is -4.42. The molecule has 0 saturated heterocycles. The molecule has 2 rings (SSSR count). The molecule has 1 nitrogen and oxygen atoms in total. The summed E-state index contributed by atoms with van der Waals surface area (Å²) in [5.74, 6) is 0. The smallest absolute Gasteiger partial charge is 0.316 e. The van der Waals surface area contributed by atoms with Gasteiger partial charge in [0.1, 0.15) is 6.04 Å². The summed E-state index contributed by atoms with van der Waals surface area (Å²) in [6.07, 6.45) is 1.25. The summed E-state index contributed by atoms with van der Waals surface area (Å²) in [5.41, 5.74) is 6.67. The second-order valence-corrected chi connectivity index (χ2v) is 5.73. The van der Waals surface area contributed by atoms with Gasteiger partial charge in [-0.3, -0.25) is 0 Å². The first-order chi connectivity index (χ1) is 10.4. The van der Waals surface area contributed by atoms with Gasteiger partial charge in [0.2, 0.25) is 0 Å². The van der Waals surface area contributed by atoms with E-state index in [1.807, 2.05) is 18.2 Å². The molecule has 1 atom stereocenters. The predicted octanol–water partition coefficient (Wildman–Crippen LogP) is 5.52. The fourth-order valence-electron chi connectivity index (χ4n) is 2.72. The summed E-state index contributed by atoms with van der Waals surface area (Å²) in [4.78, 5) is 0. The highest BCUT2D eigenvalue weighted by molar-refractivity contribution is 5.86. The van der Waals surface area contributed by atoms with E-state index in [2.05, 4.69) is 6.92 Å². The Morgan fingerprint density at radius 2 is 1.82 bits per heavy atom. The van der Waals surface area contributed by atoms with Crippen molar-refractivity contribution in [1.29, 1.82) is 0 Å². The quantitative estimate of drug-likeness (QED) is 0.698. The highest BCUT2D eigenvalue weighted by Crippen LogP contribution is 2.34. The van der Waals surface area contributed by atoms with Crippen LogP contribution in [0.1, 0.15) is 49.8 Å². The lowest BCUT2D eigenvalue weighted by Crippen LogP contribution is -2.28. The maximum absolute atomic E-state index is 12.9. The van der Waals surface area contributed by atoms with E-state index in [1.54, 1.807) is 12.1 Å². The largest absolute Gasteiger partial charge is 0.407 e. The van der Waals surface area contributed by atoms with Crippen molar-refractivity contribution >= 4 is 10.8 Å². The minimum absolute atomic E-state index is 0.141. The summed E-state index contributed by atoms with van der Waals surface area (Å²) in [7, 11) is 0. The zero-order valence-electron chi connectivity index (χ0n) is 12.8. The van der Waals surface area contributed by atoms with Gasteiger partial charge in [0.15, 0.2) is 0 Å². The van der Waals surface area contributed by atoms with Crippen LogP contribution in [0.2, 0.25) is 0 Å². The molecule has 4 heteroatoms. The molecule has 0 heterocycles.